The molecule has 2 atom stereocenters. The number of aromatic hydroxyl groups is 1. The van der Waals surface area contributed by atoms with Crippen LogP contribution in [0.4, 0.5) is 18.4 Å². The number of benzene rings is 2. The number of hydroxylamine groups is 1. The Bertz CT molecular complexity index is 2410. The number of carboxylic acids is 3. The number of unbranched alkanes of at least 4 members (excludes halogenated alkanes) is 1. The van der Waals surface area contributed by atoms with Gasteiger partial charge in [-0.3, -0.25) is 58.0 Å². The molecule has 1 aliphatic rings. The van der Waals surface area contributed by atoms with Crippen LogP contribution >= 0.6 is 0 Å². The Morgan fingerprint density at radius 3 is 1.77 bits per heavy atom. The van der Waals surface area contributed by atoms with Gasteiger partial charge < -0.3 is 68.1 Å². The van der Waals surface area contributed by atoms with Crippen LogP contribution in [-0.4, -0.2) is 230 Å². The normalized spacial score (nSPS) is 14.8. The van der Waals surface area contributed by atoms with Crippen molar-refractivity contribution in [3.05, 3.63) is 59.2 Å². The van der Waals surface area contributed by atoms with E-state index < -0.39 is 89.1 Å². The second kappa shape index (κ2) is 37.8. The zero-order valence-electron chi connectivity index (χ0n) is 46.1. The van der Waals surface area contributed by atoms with Crippen LogP contribution in [0.5, 0.6) is 11.5 Å². The Morgan fingerprint density at radius 1 is 0.646 bits per heavy atom. The molecule has 1 fully saturated rings. The van der Waals surface area contributed by atoms with Crippen LogP contribution in [-0.2, 0) is 44.9 Å². The van der Waals surface area contributed by atoms with Crippen molar-refractivity contribution in [2.24, 2.45) is 10.7 Å². The number of carbonyl (C=O) groups excluding carboxylic acids is 6. The number of nitrogens with two attached hydrogens (primary N) is 1. The SMILES string of the molecule is CCC(=O)NCCNC(=O)/N=C(/N)NCCC[C@@H](NC(=O)C(C)c1cccc(OCCCCNC(=O)NCCONC(=O)CN2CCN(CC(=O)O)CCN(CC(=O)O)CCN(CC(=O)O)CC2)c1)C(=O)NCc1c(F)cc(O)cc1F. The third-order valence-electron chi connectivity index (χ3n) is 12.4. The van der Waals surface area contributed by atoms with E-state index in [0.717, 1.165) is 0 Å². The number of hydrogen-bond acceptors (Lipinski definition) is 16. The van der Waals surface area contributed by atoms with Gasteiger partial charge in [-0.2, -0.15) is 4.99 Å². The molecular formula is C51H78F2N14O15. The van der Waals surface area contributed by atoms with Crippen LogP contribution < -0.4 is 53.2 Å². The van der Waals surface area contributed by atoms with E-state index in [0.29, 0.717) is 36.3 Å². The third-order valence-corrected chi connectivity index (χ3v) is 12.4. The number of guanidine groups is 1. The highest BCUT2D eigenvalue weighted by atomic mass is 19.1. The molecule has 0 aliphatic carbocycles. The van der Waals surface area contributed by atoms with Gasteiger partial charge in [0.1, 0.15) is 29.2 Å². The lowest BCUT2D eigenvalue weighted by Crippen LogP contribution is -2.49. The number of urea groups is 2. The quantitative estimate of drug-likeness (QED) is 0.0171. The number of aliphatic carboxylic acids is 3. The zero-order valence-corrected chi connectivity index (χ0v) is 46.1. The van der Waals surface area contributed by atoms with Gasteiger partial charge >= 0.3 is 30.0 Å². The summed E-state index contributed by atoms with van der Waals surface area (Å²) in [4.78, 5) is 126. The number of nitrogens with one attached hydrogen (secondary N) is 8. The standard InChI is InChI=1S/C51H78F2N14O15/c1-3-42(69)55-13-14-58-51(80)62-49(54)56-12-7-10-41(48(78)60-29-38-39(52)27-36(68)28-40(38)53)61-47(77)34(2)35-8-6-9-37(26-35)81-24-5-4-11-57-50(79)59-15-25-82-63-43(70)30-64-16-18-65(31-44(71)72)20-22-67(33-46(75)76)23-21-66(19-17-64)32-45(73)74/h6,8-9,26-28,34,41,68H,3-5,7,10-25,29-33H2,1-2H3,(H,55,69)(H,60,78)(H,61,77)(H,63,70)(H,71,72)(H,73,74)(H,75,76)(H2,57,59,79)(H4,54,56,58,62,80)/t34?,41-/m1/s1. The van der Waals surface area contributed by atoms with Gasteiger partial charge in [-0.1, -0.05) is 19.1 Å². The summed E-state index contributed by atoms with van der Waals surface area (Å²) < 4.78 is 34.8. The topological polar surface area (TPSA) is 401 Å². The van der Waals surface area contributed by atoms with Gasteiger partial charge in [-0.15, -0.1) is 0 Å². The van der Waals surface area contributed by atoms with Crippen LogP contribution in [0.1, 0.15) is 63.0 Å². The molecular weight excluding hydrogens is 1090 g/mol. The van der Waals surface area contributed by atoms with Crippen molar-refractivity contribution >= 4 is 59.6 Å². The van der Waals surface area contributed by atoms with Crippen molar-refractivity contribution in [3.8, 4) is 11.5 Å². The number of ether oxygens (including phenoxy) is 1. The Morgan fingerprint density at radius 2 is 1.20 bits per heavy atom. The maximum Gasteiger partial charge on any atom is 0.344 e. The Hall–Kier alpha value is -8.00. The minimum absolute atomic E-state index is 0.00665. The number of nitrogens with zero attached hydrogens (tertiary/aromatic N) is 5. The summed E-state index contributed by atoms with van der Waals surface area (Å²) in [5, 5.41) is 56.0. The molecule has 456 valence electrons. The van der Waals surface area contributed by atoms with E-state index in [1.54, 1.807) is 57.7 Å². The van der Waals surface area contributed by atoms with Gasteiger partial charge in [0.2, 0.25) is 17.7 Å². The number of phenolic OH excluding ortho intramolecular Hbond substituents is 1. The van der Waals surface area contributed by atoms with Crippen molar-refractivity contribution in [1.82, 2.24) is 62.3 Å². The first-order chi connectivity index (χ1) is 39.1. The van der Waals surface area contributed by atoms with Crippen LogP contribution in [0, 0.1) is 11.6 Å². The minimum atomic E-state index is -1.20. The van der Waals surface area contributed by atoms with Crippen LogP contribution in [0.15, 0.2) is 41.4 Å². The molecule has 0 radical (unpaired) electrons. The fourth-order valence-corrected chi connectivity index (χ4v) is 7.90. The highest BCUT2D eigenvalue weighted by molar-refractivity contribution is 5.92. The molecule has 2 aromatic rings. The van der Waals surface area contributed by atoms with Gasteiger partial charge in [0.25, 0.3) is 5.91 Å². The van der Waals surface area contributed by atoms with Crippen molar-refractivity contribution in [3.63, 3.8) is 0 Å². The summed E-state index contributed by atoms with van der Waals surface area (Å²) in [5.74, 6) is -8.67. The van der Waals surface area contributed by atoms with Crippen LogP contribution in [0.2, 0.25) is 0 Å². The average Bonchev–Trinajstić information content (AvgIpc) is 3.47. The second-order valence-corrected chi connectivity index (χ2v) is 18.9. The molecule has 3 rings (SSSR count). The first-order valence-corrected chi connectivity index (χ1v) is 26.7. The Kier molecular flexibility index (Phi) is 31.5. The number of halogens is 2. The van der Waals surface area contributed by atoms with Crippen molar-refractivity contribution in [2.75, 3.05) is 124 Å². The maximum atomic E-state index is 14.5. The minimum Gasteiger partial charge on any atom is -0.508 e. The monoisotopic (exact) mass is 1160 g/mol. The van der Waals surface area contributed by atoms with Gasteiger partial charge in [-0.05, 0) is 50.3 Å². The van der Waals surface area contributed by atoms with Gasteiger partial charge in [-0.25, -0.2) is 23.9 Å². The Labute approximate surface area is 473 Å². The highest BCUT2D eigenvalue weighted by Crippen LogP contribution is 2.23. The number of carbonyl (C=O) groups is 9. The number of aliphatic imine (C=N–C) groups is 1. The molecule has 31 heteroatoms. The molecule has 8 amide bonds. The lowest BCUT2D eigenvalue weighted by Gasteiger charge is -2.32. The molecule has 1 unspecified atom stereocenters. The summed E-state index contributed by atoms with van der Waals surface area (Å²) in [7, 11) is 0. The van der Waals surface area contributed by atoms with Crippen molar-refractivity contribution < 1.29 is 81.9 Å². The molecule has 0 aromatic heterocycles. The molecule has 0 spiro atoms. The van der Waals surface area contributed by atoms with E-state index in [2.05, 4.69) is 47.7 Å². The number of amides is 8. The maximum absolute atomic E-state index is 14.5. The fourth-order valence-electron chi connectivity index (χ4n) is 7.90. The van der Waals surface area contributed by atoms with Crippen LogP contribution in [0.25, 0.3) is 0 Å². The molecule has 1 saturated heterocycles. The average molecular weight is 1170 g/mol. The summed E-state index contributed by atoms with van der Waals surface area (Å²) in [6.45, 7) is 4.40. The third kappa shape index (κ3) is 28.9. The first kappa shape index (κ1) is 68.3. The van der Waals surface area contributed by atoms with E-state index in [4.69, 9.17) is 15.3 Å². The Balaban J connectivity index is 1.42. The highest BCUT2D eigenvalue weighted by Gasteiger charge is 2.26. The predicted octanol–water partition coefficient (Wildman–Crippen LogP) is -1.52. The number of rotatable bonds is 32. The zero-order chi connectivity index (χ0) is 60.4. The fraction of sp³-hybridized carbons (Fsp3) is 0.569. The molecule has 1 aliphatic heterocycles. The lowest BCUT2D eigenvalue weighted by atomic mass is 9.99. The number of carboxylic acid groups (broad SMARTS) is 3. The summed E-state index contributed by atoms with van der Waals surface area (Å²) in [6, 6.07) is 5.66. The number of phenols is 1. The molecule has 2 aromatic carbocycles. The van der Waals surface area contributed by atoms with E-state index in [1.165, 1.54) is 0 Å². The van der Waals surface area contributed by atoms with E-state index in [1.807, 2.05) is 0 Å². The van der Waals surface area contributed by atoms with Gasteiger partial charge in [0.15, 0.2) is 5.96 Å². The molecule has 14 N–H and O–H groups in total. The van der Waals surface area contributed by atoms with E-state index in [9.17, 15) is 72.4 Å². The van der Waals surface area contributed by atoms with Crippen molar-refractivity contribution in [1.29, 1.82) is 0 Å². The second-order valence-electron chi connectivity index (χ2n) is 18.9. The number of hydrogen-bond donors (Lipinski definition) is 13. The smallest absolute Gasteiger partial charge is 0.344 e. The lowest BCUT2D eigenvalue weighted by molar-refractivity contribution is -0.141. The largest absolute Gasteiger partial charge is 0.508 e. The molecule has 0 saturated carbocycles. The summed E-state index contributed by atoms with van der Waals surface area (Å²) in [5.41, 5.74) is 8.17. The van der Waals surface area contributed by atoms with Crippen LogP contribution in [0.3, 0.4) is 0 Å². The summed E-state index contributed by atoms with van der Waals surface area (Å²) >= 11 is 0. The van der Waals surface area contributed by atoms with Crippen molar-refractivity contribution in [2.45, 2.75) is 64.5 Å². The van der Waals surface area contributed by atoms with E-state index in [-0.39, 0.29) is 156 Å². The molecule has 82 heavy (non-hydrogen) atoms. The molecule has 29 nitrogen and oxygen atoms in total. The predicted molar refractivity (Wildman–Crippen MR) is 291 cm³/mol. The molecule has 0 bridgehead atoms. The van der Waals surface area contributed by atoms with E-state index >= 15 is 0 Å². The summed E-state index contributed by atoms with van der Waals surface area (Å²) in [6.07, 6.45) is 1.55. The van der Waals surface area contributed by atoms with Gasteiger partial charge in [0, 0.05) is 116 Å². The molecule has 1 heterocycles. The first-order valence-electron chi connectivity index (χ1n) is 26.7. The van der Waals surface area contributed by atoms with Gasteiger partial charge in [0.05, 0.1) is 45.3 Å².